The van der Waals surface area contributed by atoms with Crippen molar-refractivity contribution in [1.82, 2.24) is 4.90 Å². The number of nitrogens with zero attached hydrogens (tertiary/aromatic N) is 1. The number of carboxylic acids is 1. The molecule has 0 unspecified atom stereocenters. The molecule has 132 valence electrons. The van der Waals surface area contributed by atoms with Gasteiger partial charge in [-0.1, -0.05) is 6.92 Å². The summed E-state index contributed by atoms with van der Waals surface area (Å²) < 4.78 is 5.29. The van der Waals surface area contributed by atoms with Crippen LogP contribution in [0.4, 0.5) is 0 Å². The number of hydrogen-bond donors (Lipinski definition) is 2. The molecule has 2 rings (SSSR count). The third kappa shape index (κ3) is 4.06. The van der Waals surface area contributed by atoms with Gasteiger partial charge in [-0.2, -0.15) is 0 Å². The maximum Gasteiger partial charge on any atom is 0.341 e. The molecule has 1 aliphatic rings. The minimum atomic E-state index is -1.04. The number of aliphatic carboxylic acids is 1. The van der Waals surface area contributed by atoms with E-state index in [0.717, 1.165) is 11.1 Å². The molecule has 0 saturated carbocycles. The summed E-state index contributed by atoms with van der Waals surface area (Å²) in [7, 11) is 0. The van der Waals surface area contributed by atoms with Crippen molar-refractivity contribution >= 4 is 11.9 Å². The smallest absolute Gasteiger partial charge is 0.341 e. The number of carbonyl (C=O) groups is 2. The number of carbonyl (C=O) groups excluding carboxylic acids is 1. The second kappa shape index (κ2) is 7.21. The number of benzene rings is 1. The van der Waals surface area contributed by atoms with Gasteiger partial charge in [-0.05, 0) is 56.4 Å². The number of amides is 1. The van der Waals surface area contributed by atoms with Crippen LogP contribution in [0.1, 0.15) is 47.7 Å². The third-order valence-corrected chi connectivity index (χ3v) is 4.69. The van der Waals surface area contributed by atoms with Gasteiger partial charge in [-0.25, -0.2) is 4.79 Å². The van der Waals surface area contributed by atoms with Crippen molar-refractivity contribution in [3.63, 3.8) is 0 Å². The lowest BCUT2D eigenvalue weighted by atomic mass is 9.88. The summed E-state index contributed by atoms with van der Waals surface area (Å²) in [5.41, 5.74) is 1.38. The zero-order valence-electron chi connectivity index (χ0n) is 14.5. The molecule has 6 heteroatoms. The quantitative estimate of drug-likeness (QED) is 0.861. The first kappa shape index (κ1) is 18.3. The highest BCUT2D eigenvalue weighted by Crippen LogP contribution is 2.28. The Labute approximate surface area is 142 Å². The maximum atomic E-state index is 12.7. The Morgan fingerprint density at radius 1 is 1.21 bits per heavy atom. The Morgan fingerprint density at radius 3 is 2.21 bits per heavy atom. The van der Waals surface area contributed by atoms with Crippen LogP contribution in [-0.2, 0) is 4.79 Å². The Hall–Kier alpha value is -2.08. The van der Waals surface area contributed by atoms with Crippen LogP contribution >= 0.6 is 0 Å². The first-order chi connectivity index (χ1) is 11.3. The number of likely N-dealkylation sites (tertiary alicyclic amines) is 1. The van der Waals surface area contributed by atoms with Gasteiger partial charge in [0.25, 0.3) is 5.91 Å². The number of ether oxygens (including phenoxy) is 1. The molecule has 0 aliphatic carbocycles. The lowest BCUT2D eigenvalue weighted by Gasteiger charge is -2.37. The predicted octanol–water partition coefficient (Wildman–Crippen LogP) is 2.14. The Morgan fingerprint density at radius 2 is 1.75 bits per heavy atom. The molecule has 1 aromatic carbocycles. The summed E-state index contributed by atoms with van der Waals surface area (Å²) >= 11 is 0. The van der Waals surface area contributed by atoms with Gasteiger partial charge in [0.1, 0.15) is 5.75 Å². The number of carboxylic acid groups (broad SMARTS) is 1. The minimum absolute atomic E-state index is 0.0656. The summed E-state index contributed by atoms with van der Waals surface area (Å²) in [6.45, 7) is 6.23. The van der Waals surface area contributed by atoms with Gasteiger partial charge in [0.05, 0.1) is 5.60 Å². The molecule has 1 aliphatic heterocycles. The lowest BCUT2D eigenvalue weighted by Crippen LogP contribution is -2.46. The molecule has 1 aromatic rings. The first-order valence-electron chi connectivity index (χ1n) is 8.23. The van der Waals surface area contributed by atoms with E-state index in [1.54, 1.807) is 30.9 Å². The first-order valence-corrected chi connectivity index (χ1v) is 8.23. The van der Waals surface area contributed by atoms with Crippen LogP contribution in [0.3, 0.4) is 0 Å². The topological polar surface area (TPSA) is 87.1 Å². The van der Waals surface area contributed by atoms with Gasteiger partial charge in [0, 0.05) is 18.7 Å². The average molecular weight is 335 g/mol. The van der Waals surface area contributed by atoms with Gasteiger partial charge >= 0.3 is 5.97 Å². The van der Waals surface area contributed by atoms with Crippen LogP contribution in [0, 0.1) is 13.8 Å². The molecule has 6 nitrogen and oxygen atoms in total. The number of rotatable bonds is 5. The van der Waals surface area contributed by atoms with Crippen molar-refractivity contribution in [2.75, 3.05) is 19.7 Å². The molecule has 0 spiro atoms. The van der Waals surface area contributed by atoms with E-state index in [1.165, 1.54) is 0 Å². The third-order valence-electron chi connectivity index (χ3n) is 4.69. The fourth-order valence-electron chi connectivity index (χ4n) is 3.10. The van der Waals surface area contributed by atoms with E-state index in [1.807, 2.05) is 6.92 Å². The van der Waals surface area contributed by atoms with Crippen molar-refractivity contribution in [2.45, 2.75) is 45.6 Å². The molecule has 0 atom stereocenters. The predicted molar refractivity (Wildman–Crippen MR) is 89.4 cm³/mol. The van der Waals surface area contributed by atoms with E-state index >= 15 is 0 Å². The SMILES string of the molecule is CCC1(O)CCN(C(=O)c2cc(C)c(OCC(=O)O)c(C)c2)CC1. The fraction of sp³-hybridized carbons (Fsp3) is 0.556. The van der Waals surface area contributed by atoms with Crippen molar-refractivity contribution in [3.05, 3.63) is 28.8 Å². The maximum absolute atomic E-state index is 12.7. The van der Waals surface area contributed by atoms with E-state index in [-0.39, 0.29) is 5.91 Å². The summed E-state index contributed by atoms with van der Waals surface area (Å²) in [5, 5.41) is 19.0. The molecule has 1 saturated heterocycles. The Bertz CT molecular complexity index is 609. The van der Waals surface area contributed by atoms with E-state index in [0.29, 0.717) is 43.7 Å². The summed E-state index contributed by atoms with van der Waals surface area (Å²) in [6, 6.07) is 3.46. The van der Waals surface area contributed by atoms with Crippen molar-refractivity contribution in [2.24, 2.45) is 0 Å². The molecule has 1 heterocycles. The normalized spacial score (nSPS) is 16.8. The monoisotopic (exact) mass is 335 g/mol. The highest BCUT2D eigenvalue weighted by Gasteiger charge is 2.32. The molecule has 2 N–H and O–H groups in total. The van der Waals surface area contributed by atoms with Crippen LogP contribution in [0.5, 0.6) is 5.75 Å². The molecule has 0 radical (unpaired) electrons. The molecule has 24 heavy (non-hydrogen) atoms. The van der Waals surface area contributed by atoms with Crippen LogP contribution < -0.4 is 4.74 Å². The zero-order chi connectivity index (χ0) is 17.9. The van der Waals surface area contributed by atoms with Gasteiger partial charge in [-0.15, -0.1) is 0 Å². The van der Waals surface area contributed by atoms with Crippen molar-refractivity contribution < 1.29 is 24.5 Å². The van der Waals surface area contributed by atoms with Crippen molar-refractivity contribution in [3.8, 4) is 5.75 Å². The molecule has 1 amide bonds. The van der Waals surface area contributed by atoms with Crippen LogP contribution in [0.15, 0.2) is 12.1 Å². The summed E-state index contributed by atoms with van der Waals surface area (Å²) in [6.07, 6.45) is 1.88. The Kier molecular flexibility index (Phi) is 5.49. The van der Waals surface area contributed by atoms with E-state index in [2.05, 4.69) is 0 Å². The van der Waals surface area contributed by atoms with Crippen LogP contribution in [-0.4, -0.2) is 52.3 Å². The number of hydrogen-bond acceptors (Lipinski definition) is 4. The van der Waals surface area contributed by atoms with Crippen LogP contribution in [0.2, 0.25) is 0 Å². The van der Waals surface area contributed by atoms with Gasteiger partial charge in [0.15, 0.2) is 6.61 Å². The highest BCUT2D eigenvalue weighted by molar-refractivity contribution is 5.95. The summed E-state index contributed by atoms with van der Waals surface area (Å²) in [4.78, 5) is 25.1. The zero-order valence-corrected chi connectivity index (χ0v) is 14.5. The van der Waals surface area contributed by atoms with E-state index in [4.69, 9.17) is 9.84 Å². The molecule has 1 fully saturated rings. The second-order valence-electron chi connectivity index (χ2n) is 6.49. The van der Waals surface area contributed by atoms with Gasteiger partial charge in [-0.3, -0.25) is 4.79 Å². The van der Waals surface area contributed by atoms with E-state index < -0.39 is 18.2 Å². The molecular weight excluding hydrogens is 310 g/mol. The van der Waals surface area contributed by atoms with E-state index in [9.17, 15) is 14.7 Å². The largest absolute Gasteiger partial charge is 0.481 e. The Balaban J connectivity index is 2.12. The minimum Gasteiger partial charge on any atom is -0.481 e. The number of aryl methyl sites for hydroxylation is 2. The summed E-state index contributed by atoms with van der Waals surface area (Å²) in [5.74, 6) is -0.595. The molecular formula is C18H25NO5. The van der Waals surface area contributed by atoms with Crippen LogP contribution in [0.25, 0.3) is 0 Å². The lowest BCUT2D eigenvalue weighted by molar-refractivity contribution is -0.139. The van der Waals surface area contributed by atoms with Gasteiger partial charge < -0.3 is 19.8 Å². The number of piperidine rings is 1. The second-order valence-corrected chi connectivity index (χ2v) is 6.49. The highest BCUT2D eigenvalue weighted by atomic mass is 16.5. The fourth-order valence-corrected chi connectivity index (χ4v) is 3.10. The number of aliphatic hydroxyl groups is 1. The average Bonchev–Trinajstić information content (AvgIpc) is 2.53. The van der Waals surface area contributed by atoms with Crippen molar-refractivity contribution in [1.29, 1.82) is 0 Å². The van der Waals surface area contributed by atoms with Gasteiger partial charge in [0.2, 0.25) is 0 Å². The molecule has 0 aromatic heterocycles. The molecule has 0 bridgehead atoms. The standard InChI is InChI=1S/C18H25NO5/c1-4-18(23)5-7-19(8-6-18)17(22)14-9-12(2)16(13(3)10-14)24-11-15(20)21/h9-10,23H,4-8,11H2,1-3H3,(H,20,21).